The van der Waals surface area contributed by atoms with E-state index < -0.39 is 6.10 Å². The van der Waals surface area contributed by atoms with Crippen molar-refractivity contribution in [3.05, 3.63) is 54.6 Å². The van der Waals surface area contributed by atoms with Gasteiger partial charge < -0.3 is 14.6 Å². The first-order chi connectivity index (χ1) is 11.2. The highest BCUT2D eigenvalue weighted by molar-refractivity contribution is 5.76. The fourth-order valence-corrected chi connectivity index (χ4v) is 3.19. The summed E-state index contributed by atoms with van der Waals surface area (Å²) in [7, 11) is 0. The maximum absolute atomic E-state index is 12.4. The van der Waals surface area contributed by atoms with Crippen LogP contribution in [0.4, 0.5) is 0 Å². The van der Waals surface area contributed by atoms with Gasteiger partial charge in [-0.1, -0.05) is 30.3 Å². The number of carbonyl (C=O) groups excluding carboxylic acids is 1. The van der Waals surface area contributed by atoms with E-state index in [0.717, 1.165) is 12.8 Å². The molecule has 1 N–H and O–H groups in total. The fraction of sp³-hybridized carbons (Fsp3) is 0.444. The van der Waals surface area contributed by atoms with Crippen LogP contribution in [0.3, 0.4) is 0 Å². The third kappa shape index (κ3) is 3.99. The number of aromatic nitrogens is 2. The summed E-state index contributed by atoms with van der Waals surface area (Å²) in [4.78, 5) is 18.4. The van der Waals surface area contributed by atoms with Gasteiger partial charge in [0.2, 0.25) is 5.91 Å². The Morgan fingerprint density at radius 2 is 2.00 bits per heavy atom. The first-order valence-electron chi connectivity index (χ1n) is 8.21. The maximum Gasteiger partial charge on any atom is 0.222 e. The Morgan fingerprint density at radius 3 is 2.74 bits per heavy atom. The molecule has 1 saturated heterocycles. The second kappa shape index (κ2) is 7.42. The van der Waals surface area contributed by atoms with Crippen LogP contribution in [-0.2, 0) is 11.2 Å². The molecule has 1 aromatic heterocycles. The normalized spacial score (nSPS) is 21.9. The van der Waals surface area contributed by atoms with E-state index >= 15 is 0 Å². The Balaban J connectivity index is 1.55. The number of aliphatic hydroxyl groups excluding tert-OH is 1. The van der Waals surface area contributed by atoms with Crippen molar-refractivity contribution in [1.29, 1.82) is 0 Å². The van der Waals surface area contributed by atoms with Crippen LogP contribution in [-0.4, -0.2) is 44.7 Å². The van der Waals surface area contributed by atoms with Crippen molar-refractivity contribution < 1.29 is 9.90 Å². The van der Waals surface area contributed by atoms with E-state index in [1.165, 1.54) is 5.56 Å². The Hall–Kier alpha value is -2.14. The number of imidazole rings is 1. The summed E-state index contributed by atoms with van der Waals surface area (Å²) in [5.41, 5.74) is 1.19. The highest BCUT2D eigenvalue weighted by atomic mass is 16.3. The fourth-order valence-electron chi connectivity index (χ4n) is 3.19. The first kappa shape index (κ1) is 15.7. The lowest BCUT2D eigenvalue weighted by atomic mass is 10.1. The quantitative estimate of drug-likeness (QED) is 0.940. The Morgan fingerprint density at radius 1 is 1.22 bits per heavy atom. The average molecular weight is 313 g/mol. The number of nitrogens with zero attached hydrogens (tertiary/aromatic N) is 3. The molecule has 2 atom stereocenters. The Labute approximate surface area is 136 Å². The van der Waals surface area contributed by atoms with Gasteiger partial charge >= 0.3 is 0 Å². The zero-order valence-corrected chi connectivity index (χ0v) is 13.2. The van der Waals surface area contributed by atoms with Gasteiger partial charge in [-0.15, -0.1) is 0 Å². The number of carbonyl (C=O) groups is 1. The number of likely N-dealkylation sites (tertiary alicyclic amines) is 1. The summed E-state index contributed by atoms with van der Waals surface area (Å²) in [6.45, 7) is 1.31. The lowest BCUT2D eigenvalue weighted by Crippen LogP contribution is -2.32. The summed E-state index contributed by atoms with van der Waals surface area (Å²) in [5.74, 6) is 0.173. The van der Waals surface area contributed by atoms with Crippen LogP contribution >= 0.6 is 0 Å². The van der Waals surface area contributed by atoms with Crippen molar-refractivity contribution in [3.63, 3.8) is 0 Å². The van der Waals surface area contributed by atoms with Crippen LogP contribution in [0, 0.1) is 0 Å². The molecule has 2 heterocycles. The van der Waals surface area contributed by atoms with Crippen molar-refractivity contribution in [2.45, 2.75) is 37.8 Å². The molecule has 5 heteroatoms. The smallest absolute Gasteiger partial charge is 0.222 e. The van der Waals surface area contributed by atoms with Crippen molar-refractivity contribution >= 4 is 5.91 Å². The number of hydrogen-bond acceptors (Lipinski definition) is 3. The maximum atomic E-state index is 12.4. The predicted molar refractivity (Wildman–Crippen MR) is 87.8 cm³/mol. The second-order valence-corrected chi connectivity index (χ2v) is 6.09. The zero-order chi connectivity index (χ0) is 16.1. The predicted octanol–water partition coefficient (Wildman–Crippen LogP) is 2.04. The summed E-state index contributed by atoms with van der Waals surface area (Å²) in [5, 5.41) is 10.3. The molecule has 3 rings (SSSR count). The second-order valence-electron chi connectivity index (χ2n) is 6.09. The lowest BCUT2D eigenvalue weighted by Gasteiger charge is -2.21. The van der Waals surface area contributed by atoms with Gasteiger partial charge in [0.15, 0.2) is 0 Å². The van der Waals surface area contributed by atoms with Crippen molar-refractivity contribution in [2.24, 2.45) is 0 Å². The molecule has 0 spiro atoms. The number of aryl methyl sites for hydroxylation is 1. The van der Waals surface area contributed by atoms with Gasteiger partial charge in [-0.05, 0) is 24.8 Å². The number of aliphatic hydroxyl groups is 1. The highest BCUT2D eigenvalue weighted by Gasteiger charge is 2.27. The van der Waals surface area contributed by atoms with Crippen LogP contribution in [0.15, 0.2) is 49.1 Å². The molecular formula is C18H23N3O2. The van der Waals surface area contributed by atoms with Crippen LogP contribution in [0.5, 0.6) is 0 Å². The first-order valence-corrected chi connectivity index (χ1v) is 8.21. The topological polar surface area (TPSA) is 58.4 Å². The number of rotatable bonds is 4. The SMILES string of the molecule is O=C(CCc1ccccc1)N1CC[C@H](O)[C@@H](n2ccnc2)CC1. The molecule has 0 saturated carbocycles. The molecule has 0 unspecified atom stereocenters. The van der Waals surface area contributed by atoms with E-state index in [0.29, 0.717) is 25.9 Å². The van der Waals surface area contributed by atoms with E-state index in [1.807, 2.05) is 33.9 Å². The third-order valence-corrected chi connectivity index (χ3v) is 4.56. The molecular weight excluding hydrogens is 290 g/mol. The largest absolute Gasteiger partial charge is 0.391 e. The van der Waals surface area contributed by atoms with Gasteiger partial charge in [0.05, 0.1) is 18.5 Å². The molecule has 1 aliphatic heterocycles. The monoisotopic (exact) mass is 313 g/mol. The molecule has 2 aromatic rings. The summed E-state index contributed by atoms with van der Waals surface area (Å²) >= 11 is 0. The van der Waals surface area contributed by atoms with Crippen LogP contribution < -0.4 is 0 Å². The minimum Gasteiger partial charge on any atom is -0.391 e. The van der Waals surface area contributed by atoms with Gasteiger partial charge in [0, 0.05) is 31.9 Å². The van der Waals surface area contributed by atoms with Crippen molar-refractivity contribution in [3.8, 4) is 0 Å². The van der Waals surface area contributed by atoms with E-state index in [4.69, 9.17) is 0 Å². The summed E-state index contributed by atoms with van der Waals surface area (Å²) in [6, 6.07) is 10.1. The van der Waals surface area contributed by atoms with Crippen LogP contribution in [0.25, 0.3) is 0 Å². The standard InChI is InChI=1S/C18H23N3O2/c22-17-9-12-20(11-8-16(17)21-13-10-19-14-21)18(23)7-6-15-4-2-1-3-5-15/h1-5,10,13-14,16-17,22H,6-9,11-12H2/t16-,17-/m0/s1. The van der Waals surface area contributed by atoms with Gasteiger partial charge in [0.25, 0.3) is 0 Å². The molecule has 122 valence electrons. The minimum atomic E-state index is -0.434. The lowest BCUT2D eigenvalue weighted by molar-refractivity contribution is -0.131. The van der Waals surface area contributed by atoms with E-state index in [-0.39, 0.29) is 11.9 Å². The van der Waals surface area contributed by atoms with Crippen LogP contribution in [0.2, 0.25) is 0 Å². The molecule has 1 aliphatic rings. The van der Waals surface area contributed by atoms with Gasteiger partial charge in [0.1, 0.15) is 0 Å². The highest BCUT2D eigenvalue weighted by Crippen LogP contribution is 2.23. The molecule has 0 radical (unpaired) electrons. The summed E-state index contributed by atoms with van der Waals surface area (Å²) < 4.78 is 1.95. The van der Waals surface area contributed by atoms with Gasteiger partial charge in [-0.25, -0.2) is 4.98 Å². The Bertz CT molecular complexity index is 612. The Kier molecular flexibility index (Phi) is 5.08. The number of hydrogen-bond donors (Lipinski definition) is 1. The summed E-state index contributed by atoms with van der Waals surface area (Å²) in [6.07, 6.45) is 7.56. The van der Waals surface area contributed by atoms with E-state index in [2.05, 4.69) is 17.1 Å². The number of amides is 1. The molecule has 1 amide bonds. The number of benzene rings is 1. The van der Waals surface area contributed by atoms with Gasteiger partial charge in [-0.2, -0.15) is 0 Å². The zero-order valence-electron chi connectivity index (χ0n) is 13.2. The molecule has 1 aromatic carbocycles. The third-order valence-electron chi connectivity index (χ3n) is 4.56. The minimum absolute atomic E-state index is 0.00410. The molecule has 0 bridgehead atoms. The van der Waals surface area contributed by atoms with Crippen LogP contribution in [0.1, 0.15) is 30.9 Å². The van der Waals surface area contributed by atoms with Crippen molar-refractivity contribution in [2.75, 3.05) is 13.1 Å². The molecule has 5 nitrogen and oxygen atoms in total. The molecule has 23 heavy (non-hydrogen) atoms. The van der Waals surface area contributed by atoms with E-state index in [1.54, 1.807) is 12.5 Å². The van der Waals surface area contributed by atoms with Gasteiger partial charge in [-0.3, -0.25) is 4.79 Å². The van der Waals surface area contributed by atoms with Crippen molar-refractivity contribution in [1.82, 2.24) is 14.5 Å². The average Bonchev–Trinajstić information content (AvgIpc) is 3.03. The molecule has 1 fully saturated rings. The van der Waals surface area contributed by atoms with E-state index in [9.17, 15) is 9.90 Å². The molecule has 0 aliphatic carbocycles.